The Morgan fingerprint density at radius 3 is 2.29 bits per heavy atom. The van der Waals surface area contributed by atoms with Crippen LogP contribution >= 0.6 is 0 Å². The van der Waals surface area contributed by atoms with Crippen molar-refractivity contribution >= 4 is 11.7 Å². The molecule has 1 atom stereocenters. The SMILES string of the molecule is CCCC(C)(C(=O)O)N(C)c1ccc(C)cc1. The summed E-state index contributed by atoms with van der Waals surface area (Å²) in [5.74, 6) is -0.776. The van der Waals surface area contributed by atoms with Gasteiger partial charge in [-0.15, -0.1) is 0 Å². The Morgan fingerprint density at radius 2 is 1.88 bits per heavy atom. The van der Waals surface area contributed by atoms with Gasteiger partial charge in [0.2, 0.25) is 0 Å². The van der Waals surface area contributed by atoms with Crippen LogP contribution in [0.15, 0.2) is 24.3 Å². The molecule has 1 rings (SSSR count). The highest BCUT2D eigenvalue weighted by molar-refractivity contribution is 5.83. The van der Waals surface area contributed by atoms with Gasteiger partial charge in [0.1, 0.15) is 5.54 Å². The van der Waals surface area contributed by atoms with Crippen LogP contribution in [0.1, 0.15) is 32.3 Å². The molecular weight excluding hydrogens is 214 g/mol. The molecule has 0 aliphatic heterocycles. The molecule has 0 aliphatic rings. The van der Waals surface area contributed by atoms with Crippen LogP contribution < -0.4 is 4.90 Å². The summed E-state index contributed by atoms with van der Waals surface area (Å²) in [6.45, 7) is 5.80. The minimum atomic E-state index is -0.843. The number of likely N-dealkylation sites (N-methyl/N-ethyl adjacent to an activating group) is 1. The minimum Gasteiger partial charge on any atom is -0.480 e. The molecule has 94 valence electrons. The number of benzene rings is 1. The summed E-state index contributed by atoms with van der Waals surface area (Å²) in [5.41, 5.74) is 1.27. The van der Waals surface area contributed by atoms with Crippen molar-refractivity contribution in [3.05, 3.63) is 29.8 Å². The molecule has 0 bridgehead atoms. The van der Waals surface area contributed by atoms with Gasteiger partial charge in [-0.1, -0.05) is 31.0 Å². The standard InChI is InChI=1S/C14H21NO2/c1-5-10-14(3,13(16)17)15(4)12-8-6-11(2)7-9-12/h6-9H,5,10H2,1-4H3,(H,16,17). The Hall–Kier alpha value is -1.51. The molecule has 0 amide bonds. The zero-order valence-corrected chi connectivity index (χ0v) is 11.0. The van der Waals surface area contributed by atoms with E-state index in [0.717, 1.165) is 12.1 Å². The zero-order chi connectivity index (χ0) is 13.1. The van der Waals surface area contributed by atoms with Gasteiger partial charge in [-0.3, -0.25) is 0 Å². The molecular formula is C14H21NO2. The van der Waals surface area contributed by atoms with Gasteiger partial charge in [0.15, 0.2) is 0 Å². The summed E-state index contributed by atoms with van der Waals surface area (Å²) >= 11 is 0. The zero-order valence-electron chi connectivity index (χ0n) is 11.0. The van der Waals surface area contributed by atoms with Crippen molar-refractivity contribution in [3.8, 4) is 0 Å². The van der Waals surface area contributed by atoms with Gasteiger partial charge < -0.3 is 10.0 Å². The maximum absolute atomic E-state index is 11.5. The van der Waals surface area contributed by atoms with E-state index in [9.17, 15) is 9.90 Å². The highest BCUT2D eigenvalue weighted by Crippen LogP contribution is 2.27. The van der Waals surface area contributed by atoms with Crippen LogP contribution in [0.4, 0.5) is 5.69 Å². The fourth-order valence-electron chi connectivity index (χ4n) is 1.96. The summed E-state index contributed by atoms with van der Waals surface area (Å²) in [6.07, 6.45) is 1.48. The topological polar surface area (TPSA) is 40.5 Å². The molecule has 1 aromatic carbocycles. The molecule has 0 aromatic heterocycles. The van der Waals surface area contributed by atoms with Crippen molar-refractivity contribution in [2.24, 2.45) is 0 Å². The number of aliphatic carboxylic acids is 1. The smallest absolute Gasteiger partial charge is 0.329 e. The van der Waals surface area contributed by atoms with Gasteiger partial charge in [0, 0.05) is 12.7 Å². The van der Waals surface area contributed by atoms with Gasteiger partial charge in [-0.05, 0) is 32.4 Å². The van der Waals surface area contributed by atoms with Crippen molar-refractivity contribution in [2.45, 2.75) is 39.2 Å². The summed E-state index contributed by atoms with van der Waals surface area (Å²) in [7, 11) is 1.84. The van der Waals surface area contributed by atoms with Crippen molar-refractivity contribution in [3.63, 3.8) is 0 Å². The van der Waals surface area contributed by atoms with Crippen molar-refractivity contribution in [2.75, 3.05) is 11.9 Å². The Morgan fingerprint density at radius 1 is 1.35 bits per heavy atom. The lowest BCUT2D eigenvalue weighted by atomic mass is 9.93. The van der Waals surface area contributed by atoms with Crippen molar-refractivity contribution in [1.29, 1.82) is 0 Å². The average molecular weight is 235 g/mol. The molecule has 0 spiro atoms. The lowest BCUT2D eigenvalue weighted by Gasteiger charge is -2.36. The second-order valence-electron chi connectivity index (χ2n) is 4.72. The first kappa shape index (κ1) is 13.6. The van der Waals surface area contributed by atoms with Crippen molar-refractivity contribution < 1.29 is 9.90 Å². The predicted octanol–water partition coefficient (Wildman–Crippen LogP) is 3.07. The number of anilines is 1. The van der Waals surface area contributed by atoms with Gasteiger partial charge in [0.25, 0.3) is 0 Å². The highest BCUT2D eigenvalue weighted by Gasteiger charge is 2.36. The number of carbonyl (C=O) groups is 1. The van der Waals surface area contributed by atoms with Gasteiger partial charge in [0.05, 0.1) is 0 Å². The predicted molar refractivity (Wildman–Crippen MR) is 70.5 cm³/mol. The monoisotopic (exact) mass is 235 g/mol. The van der Waals surface area contributed by atoms with E-state index in [-0.39, 0.29) is 0 Å². The molecule has 0 heterocycles. The van der Waals surface area contributed by atoms with Crippen molar-refractivity contribution in [1.82, 2.24) is 0 Å². The number of hydrogen-bond acceptors (Lipinski definition) is 2. The molecule has 0 aliphatic carbocycles. The van der Waals surface area contributed by atoms with E-state index in [1.54, 1.807) is 6.92 Å². The van der Waals surface area contributed by atoms with E-state index >= 15 is 0 Å². The molecule has 0 radical (unpaired) electrons. The number of nitrogens with zero attached hydrogens (tertiary/aromatic N) is 1. The number of rotatable bonds is 5. The average Bonchev–Trinajstić information content (AvgIpc) is 2.29. The molecule has 17 heavy (non-hydrogen) atoms. The van der Waals surface area contributed by atoms with Crippen LogP contribution in [0.3, 0.4) is 0 Å². The van der Waals surface area contributed by atoms with Crippen LogP contribution in [-0.4, -0.2) is 23.7 Å². The van der Waals surface area contributed by atoms with Crippen LogP contribution in [0.25, 0.3) is 0 Å². The Bertz CT molecular complexity index is 386. The van der Waals surface area contributed by atoms with E-state index < -0.39 is 11.5 Å². The number of hydrogen-bond donors (Lipinski definition) is 1. The maximum atomic E-state index is 11.5. The van der Waals surface area contributed by atoms with Crippen LogP contribution in [0.2, 0.25) is 0 Å². The quantitative estimate of drug-likeness (QED) is 0.852. The lowest BCUT2D eigenvalue weighted by molar-refractivity contribution is -0.143. The fraction of sp³-hybridized carbons (Fsp3) is 0.500. The Kier molecular flexibility index (Phi) is 4.16. The summed E-state index contributed by atoms with van der Waals surface area (Å²) < 4.78 is 0. The third-order valence-corrected chi connectivity index (χ3v) is 3.36. The van der Waals surface area contributed by atoms with E-state index in [1.165, 1.54) is 5.56 Å². The van der Waals surface area contributed by atoms with Gasteiger partial charge >= 0.3 is 5.97 Å². The summed E-state index contributed by atoms with van der Waals surface area (Å²) in [6, 6.07) is 7.93. The molecule has 1 unspecified atom stereocenters. The molecule has 0 saturated heterocycles. The fourth-order valence-corrected chi connectivity index (χ4v) is 1.96. The van der Waals surface area contributed by atoms with Crippen LogP contribution in [-0.2, 0) is 4.79 Å². The normalized spacial score (nSPS) is 14.1. The number of carboxylic acids is 1. The molecule has 0 fully saturated rings. The first-order valence-corrected chi connectivity index (χ1v) is 5.95. The lowest BCUT2D eigenvalue weighted by Crippen LogP contribution is -2.50. The van der Waals surface area contributed by atoms with Crippen LogP contribution in [0, 0.1) is 6.92 Å². The molecule has 1 N–H and O–H groups in total. The summed E-state index contributed by atoms with van der Waals surface area (Å²) in [5, 5.41) is 9.41. The first-order chi connectivity index (χ1) is 7.91. The molecule has 0 saturated carbocycles. The summed E-state index contributed by atoms with van der Waals surface area (Å²) in [4.78, 5) is 13.3. The number of aryl methyl sites for hydroxylation is 1. The second kappa shape index (κ2) is 5.21. The maximum Gasteiger partial charge on any atom is 0.329 e. The molecule has 1 aromatic rings. The van der Waals surface area contributed by atoms with E-state index in [1.807, 2.05) is 50.1 Å². The Balaban J connectivity index is 3.03. The van der Waals surface area contributed by atoms with Gasteiger partial charge in [-0.25, -0.2) is 4.79 Å². The first-order valence-electron chi connectivity index (χ1n) is 5.95. The minimum absolute atomic E-state index is 0.632. The van der Waals surface area contributed by atoms with Crippen LogP contribution in [0.5, 0.6) is 0 Å². The third kappa shape index (κ3) is 2.78. The largest absolute Gasteiger partial charge is 0.480 e. The van der Waals surface area contributed by atoms with Gasteiger partial charge in [-0.2, -0.15) is 0 Å². The molecule has 3 heteroatoms. The molecule has 3 nitrogen and oxygen atoms in total. The Labute approximate surface area is 103 Å². The third-order valence-electron chi connectivity index (χ3n) is 3.36. The highest BCUT2D eigenvalue weighted by atomic mass is 16.4. The van der Waals surface area contributed by atoms with E-state index in [4.69, 9.17) is 0 Å². The second-order valence-corrected chi connectivity index (χ2v) is 4.72. The van der Waals surface area contributed by atoms with E-state index in [0.29, 0.717) is 6.42 Å². The van der Waals surface area contributed by atoms with E-state index in [2.05, 4.69) is 0 Å². The number of carboxylic acid groups (broad SMARTS) is 1.